The first-order chi connectivity index (χ1) is 14.0. The molecule has 0 unspecified atom stereocenters. The van der Waals surface area contributed by atoms with Crippen LogP contribution in [0.4, 0.5) is 11.8 Å². The molecule has 0 bridgehead atoms. The van der Waals surface area contributed by atoms with Crippen LogP contribution in [0.1, 0.15) is 36.8 Å². The Morgan fingerprint density at radius 3 is 2.34 bits per heavy atom. The van der Waals surface area contributed by atoms with Gasteiger partial charge >= 0.3 is 0 Å². The molecule has 0 spiro atoms. The summed E-state index contributed by atoms with van der Waals surface area (Å²) in [5.41, 5.74) is 0.955. The van der Waals surface area contributed by atoms with E-state index in [1.54, 1.807) is 10.4 Å². The molecule has 0 aliphatic carbocycles. The zero-order chi connectivity index (χ0) is 20.4. The Morgan fingerprint density at radius 2 is 1.69 bits per heavy atom. The molecule has 29 heavy (non-hydrogen) atoms. The first kappa shape index (κ1) is 20.6. The third-order valence-corrected chi connectivity index (χ3v) is 9.21. The first-order valence-corrected chi connectivity index (χ1v) is 12.7. The number of aromatic nitrogens is 2. The molecule has 2 aliphatic heterocycles. The number of anilines is 2. The Morgan fingerprint density at radius 1 is 0.966 bits per heavy atom. The van der Waals surface area contributed by atoms with Crippen LogP contribution in [-0.2, 0) is 16.4 Å². The minimum absolute atomic E-state index is 0.446. The fraction of sp³-hybridized carbons (Fsp3) is 0.600. The van der Waals surface area contributed by atoms with Crippen molar-refractivity contribution < 1.29 is 8.42 Å². The quantitative estimate of drug-likeness (QED) is 0.719. The lowest BCUT2D eigenvalue weighted by Gasteiger charge is -2.34. The number of hydrogen-bond donors (Lipinski definition) is 0. The molecule has 0 N–H and O–H groups in total. The molecule has 2 aliphatic rings. The van der Waals surface area contributed by atoms with Gasteiger partial charge in [-0.15, -0.1) is 11.3 Å². The van der Waals surface area contributed by atoms with E-state index in [0.717, 1.165) is 35.9 Å². The van der Waals surface area contributed by atoms with Gasteiger partial charge in [0.1, 0.15) is 10.0 Å². The fourth-order valence-electron chi connectivity index (χ4n) is 3.91. The summed E-state index contributed by atoms with van der Waals surface area (Å²) in [6, 6.07) is 5.70. The summed E-state index contributed by atoms with van der Waals surface area (Å²) in [5.74, 6) is 1.71. The molecule has 4 heterocycles. The van der Waals surface area contributed by atoms with Gasteiger partial charge in [0.05, 0.1) is 0 Å². The second-order valence-electron chi connectivity index (χ2n) is 7.68. The maximum absolute atomic E-state index is 13.0. The average Bonchev–Trinajstić information content (AvgIpc) is 3.24. The van der Waals surface area contributed by atoms with Crippen molar-refractivity contribution in [3.63, 3.8) is 0 Å². The number of hydrogen-bond acceptors (Lipinski definition) is 7. The van der Waals surface area contributed by atoms with Gasteiger partial charge in [-0.2, -0.15) is 9.29 Å². The molecule has 4 rings (SSSR count). The van der Waals surface area contributed by atoms with Crippen LogP contribution >= 0.6 is 11.3 Å². The normalized spacial score (nSPS) is 19.0. The molecular weight excluding hydrogens is 406 g/mol. The predicted molar refractivity (Wildman–Crippen MR) is 118 cm³/mol. The largest absolute Gasteiger partial charge is 0.356 e. The van der Waals surface area contributed by atoms with Crippen molar-refractivity contribution in [1.82, 2.24) is 14.3 Å². The highest BCUT2D eigenvalue weighted by atomic mass is 32.2. The highest BCUT2D eigenvalue weighted by Gasteiger charge is 2.30. The molecule has 7 nitrogen and oxygen atoms in total. The number of thiophene rings is 1. The van der Waals surface area contributed by atoms with Gasteiger partial charge in [0.15, 0.2) is 0 Å². The van der Waals surface area contributed by atoms with Crippen LogP contribution < -0.4 is 9.80 Å². The molecule has 0 amide bonds. The Bertz CT molecular complexity index is 946. The minimum atomic E-state index is -3.41. The van der Waals surface area contributed by atoms with Crippen LogP contribution in [-0.4, -0.2) is 62.0 Å². The summed E-state index contributed by atoms with van der Waals surface area (Å²) in [6.07, 6.45) is 4.56. The van der Waals surface area contributed by atoms with E-state index in [9.17, 15) is 8.42 Å². The fourth-order valence-corrected chi connectivity index (χ4v) is 6.78. The SMILES string of the molecule is CCc1ccc(S(=O)(=O)N2CCN(c3nc(C)cc(N4CCCCC4)n3)CC2)s1. The van der Waals surface area contributed by atoms with E-state index in [-0.39, 0.29) is 0 Å². The molecule has 0 atom stereocenters. The molecule has 2 aromatic heterocycles. The summed E-state index contributed by atoms with van der Waals surface area (Å²) in [4.78, 5) is 15.0. The van der Waals surface area contributed by atoms with Crippen LogP contribution in [0.3, 0.4) is 0 Å². The number of piperidine rings is 1. The van der Waals surface area contributed by atoms with Crippen LogP contribution in [0.15, 0.2) is 22.4 Å². The Kier molecular flexibility index (Phi) is 6.08. The highest BCUT2D eigenvalue weighted by Crippen LogP contribution is 2.27. The molecule has 2 aromatic rings. The van der Waals surface area contributed by atoms with E-state index in [0.29, 0.717) is 36.3 Å². The lowest BCUT2D eigenvalue weighted by Crippen LogP contribution is -2.49. The molecule has 2 saturated heterocycles. The van der Waals surface area contributed by atoms with Gasteiger partial charge in [0.2, 0.25) is 5.95 Å². The summed E-state index contributed by atoms with van der Waals surface area (Å²) in [5, 5.41) is 0. The second-order valence-corrected chi connectivity index (χ2v) is 11.0. The summed E-state index contributed by atoms with van der Waals surface area (Å²) in [6.45, 7) is 8.26. The van der Waals surface area contributed by atoms with Gasteiger partial charge in [-0.05, 0) is 44.7 Å². The van der Waals surface area contributed by atoms with Crippen molar-refractivity contribution in [1.29, 1.82) is 0 Å². The van der Waals surface area contributed by atoms with Gasteiger partial charge in [-0.1, -0.05) is 6.92 Å². The van der Waals surface area contributed by atoms with Gasteiger partial charge in [-0.25, -0.2) is 13.4 Å². The topological polar surface area (TPSA) is 69.6 Å². The monoisotopic (exact) mass is 435 g/mol. The van der Waals surface area contributed by atoms with Crippen LogP contribution in [0.2, 0.25) is 0 Å². The first-order valence-electron chi connectivity index (χ1n) is 10.4. The minimum Gasteiger partial charge on any atom is -0.356 e. The van der Waals surface area contributed by atoms with Gasteiger partial charge < -0.3 is 9.80 Å². The molecule has 2 fully saturated rings. The lowest BCUT2D eigenvalue weighted by atomic mass is 10.1. The van der Waals surface area contributed by atoms with E-state index in [1.807, 2.05) is 19.9 Å². The molecule has 9 heteroatoms. The Hall–Kier alpha value is -1.71. The third kappa shape index (κ3) is 4.41. The number of sulfonamides is 1. The summed E-state index contributed by atoms with van der Waals surface area (Å²) < 4.78 is 27.9. The highest BCUT2D eigenvalue weighted by molar-refractivity contribution is 7.91. The predicted octanol–water partition coefficient (Wildman–Crippen LogP) is 2.91. The maximum Gasteiger partial charge on any atom is 0.252 e. The zero-order valence-corrected chi connectivity index (χ0v) is 18.8. The average molecular weight is 436 g/mol. The maximum atomic E-state index is 13.0. The zero-order valence-electron chi connectivity index (χ0n) is 17.2. The van der Waals surface area contributed by atoms with Crippen LogP contribution in [0.25, 0.3) is 0 Å². The van der Waals surface area contributed by atoms with Crippen molar-refractivity contribution >= 4 is 33.1 Å². The molecule has 0 radical (unpaired) electrons. The van der Waals surface area contributed by atoms with Crippen molar-refractivity contribution in [2.24, 2.45) is 0 Å². The van der Waals surface area contributed by atoms with Gasteiger partial charge in [0, 0.05) is 55.9 Å². The molecule has 0 saturated carbocycles. The number of rotatable bonds is 5. The van der Waals surface area contributed by atoms with Gasteiger partial charge in [0.25, 0.3) is 10.0 Å². The van der Waals surface area contributed by atoms with Crippen molar-refractivity contribution in [2.45, 2.75) is 43.7 Å². The number of piperazine rings is 1. The lowest BCUT2D eigenvalue weighted by molar-refractivity contribution is 0.383. The van der Waals surface area contributed by atoms with Crippen molar-refractivity contribution in [3.8, 4) is 0 Å². The van der Waals surface area contributed by atoms with E-state index in [2.05, 4.69) is 20.9 Å². The standard InChI is InChI=1S/C20H29N5O2S2/c1-3-17-7-8-19(28-17)29(26,27)25-13-11-24(12-14-25)20-21-16(2)15-18(22-20)23-9-5-4-6-10-23/h7-8,15H,3-6,9-14H2,1-2H3. The van der Waals surface area contributed by atoms with Crippen LogP contribution in [0.5, 0.6) is 0 Å². The number of nitrogens with zero attached hydrogens (tertiary/aromatic N) is 5. The summed E-state index contributed by atoms with van der Waals surface area (Å²) >= 11 is 1.38. The third-order valence-electron chi connectivity index (χ3n) is 5.61. The van der Waals surface area contributed by atoms with Crippen LogP contribution in [0, 0.1) is 6.92 Å². The number of aryl methyl sites for hydroxylation is 2. The van der Waals surface area contributed by atoms with E-state index in [1.165, 1.54) is 30.6 Å². The van der Waals surface area contributed by atoms with Crippen molar-refractivity contribution in [2.75, 3.05) is 49.1 Å². The van der Waals surface area contributed by atoms with Gasteiger partial charge in [-0.3, -0.25) is 0 Å². The van der Waals surface area contributed by atoms with E-state index < -0.39 is 10.0 Å². The van der Waals surface area contributed by atoms with E-state index in [4.69, 9.17) is 4.98 Å². The Labute approximate surface area is 177 Å². The Balaban J connectivity index is 1.46. The molecule has 158 valence electrons. The summed E-state index contributed by atoms with van der Waals surface area (Å²) in [7, 11) is -3.41. The smallest absolute Gasteiger partial charge is 0.252 e. The van der Waals surface area contributed by atoms with Crippen molar-refractivity contribution in [3.05, 3.63) is 28.8 Å². The van der Waals surface area contributed by atoms with E-state index >= 15 is 0 Å². The second kappa shape index (κ2) is 8.57. The molecule has 0 aromatic carbocycles. The molecular formula is C20H29N5O2S2.